The fourth-order valence-electron chi connectivity index (χ4n) is 2.07. The molecule has 0 amide bonds. The quantitative estimate of drug-likeness (QED) is 0.838. The summed E-state index contributed by atoms with van der Waals surface area (Å²) in [6, 6.07) is 17.5. The molecule has 0 bridgehead atoms. The highest BCUT2D eigenvalue weighted by Crippen LogP contribution is 2.24. The Labute approximate surface area is 116 Å². The van der Waals surface area contributed by atoms with Crippen molar-refractivity contribution < 1.29 is 0 Å². The molecule has 1 atom stereocenters. The average molecular weight is 337 g/mol. The molecule has 2 aromatic rings. The number of halogens is 1. The Balaban J connectivity index is 2.40. The van der Waals surface area contributed by atoms with Crippen LogP contribution < -0.4 is 5.32 Å². The van der Waals surface area contributed by atoms with Crippen molar-refractivity contribution in [1.29, 1.82) is 0 Å². The van der Waals surface area contributed by atoms with Gasteiger partial charge in [0.15, 0.2) is 0 Å². The van der Waals surface area contributed by atoms with Gasteiger partial charge in [-0.3, -0.25) is 0 Å². The van der Waals surface area contributed by atoms with E-state index in [0.717, 1.165) is 0 Å². The average Bonchev–Trinajstić information content (AvgIpc) is 2.35. The molecule has 0 saturated carbocycles. The third-order valence-electron chi connectivity index (χ3n) is 2.99. The van der Waals surface area contributed by atoms with Crippen LogP contribution in [-0.2, 0) is 0 Å². The highest BCUT2D eigenvalue weighted by atomic mass is 127. The van der Waals surface area contributed by atoms with E-state index in [1.54, 1.807) is 0 Å². The second-order valence-electron chi connectivity index (χ2n) is 4.13. The Morgan fingerprint density at radius 1 is 1.00 bits per heavy atom. The van der Waals surface area contributed by atoms with E-state index in [1.165, 1.54) is 20.3 Å². The zero-order valence-electron chi connectivity index (χ0n) is 10.1. The van der Waals surface area contributed by atoms with Gasteiger partial charge in [-0.1, -0.05) is 36.4 Å². The van der Waals surface area contributed by atoms with Gasteiger partial charge in [-0.15, -0.1) is 0 Å². The maximum atomic E-state index is 3.39. The Morgan fingerprint density at radius 3 is 2.24 bits per heavy atom. The van der Waals surface area contributed by atoms with Crippen LogP contribution in [0, 0.1) is 10.5 Å². The molecule has 2 heteroatoms. The smallest absolute Gasteiger partial charge is 0.0576 e. The molecule has 0 radical (unpaired) electrons. The number of rotatable bonds is 3. The number of benzene rings is 2. The predicted molar refractivity (Wildman–Crippen MR) is 81.2 cm³/mol. The molecule has 0 spiro atoms. The van der Waals surface area contributed by atoms with E-state index in [1.807, 2.05) is 7.05 Å². The van der Waals surface area contributed by atoms with Gasteiger partial charge in [0.2, 0.25) is 0 Å². The molecule has 88 valence electrons. The van der Waals surface area contributed by atoms with E-state index in [9.17, 15) is 0 Å². The summed E-state index contributed by atoms with van der Waals surface area (Å²) in [5.41, 5.74) is 3.98. The predicted octanol–water partition coefficient (Wildman–Crippen LogP) is 3.91. The van der Waals surface area contributed by atoms with Gasteiger partial charge in [-0.05, 0) is 65.4 Å². The number of hydrogen-bond donors (Lipinski definition) is 1. The van der Waals surface area contributed by atoms with E-state index in [4.69, 9.17) is 0 Å². The van der Waals surface area contributed by atoms with Crippen molar-refractivity contribution >= 4 is 22.6 Å². The van der Waals surface area contributed by atoms with Crippen LogP contribution in [0.2, 0.25) is 0 Å². The molecule has 0 aromatic heterocycles. The molecule has 2 rings (SSSR count). The van der Waals surface area contributed by atoms with Crippen LogP contribution in [0.1, 0.15) is 22.7 Å². The number of hydrogen-bond acceptors (Lipinski definition) is 1. The minimum Gasteiger partial charge on any atom is -0.309 e. The van der Waals surface area contributed by atoms with Crippen LogP contribution in [0.3, 0.4) is 0 Å². The van der Waals surface area contributed by atoms with Crippen LogP contribution in [0.25, 0.3) is 0 Å². The minimum atomic E-state index is 0.271. The van der Waals surface area contributed by atoms with Gasteiger partial charge in [0.05, 0.1) is 6.04 Å². The van der Waals surface area contributed by atoms with Crippen molar-refractivity contribution in [2.45, 2.75) is 13.0 Å². The number of nitrogens with one attached hydrogen (secondary N) is 1. The van der Waals surface area contributed by atoms with Crippen molar-refractivity contribution in [1.82, 2.24) is 5.32 Å². The fourth-order valence-corrected chi connectivity index (χ4v) is 2.43. The topological polar surface area (TPSA) is 12.0 Å². The standard InChI is InChI=1S/C15H16IN/c1-11-5-3-4-6-14(11)15(17-2)12-7-9-13(16)10-8-12/h3-10,15,17H,1-2H3. The lowest BCUT2D eigenvalue weighted by Crippen LogP contribution is -2.18. The maximum absolute atomic E-state index is 3.39. The van der Waals surface area contributed by atoms with Crippen molar-refractivity contribution in [3.05, 3.63) is 68.8 Å². The molecule has 0 aliphatic carbocycles. The van der Waals surface area contributed by atoms with Gasteiger partial charge < -0.3 is 5.32 Å². The molecule has 0 aliphatic rings. The largest absolute Gasteiger partial charge is 0.309 e. The summed E-state index contributed by atoms with van der Waals surface area (Å²) in [6.45, 7) is 2.16. The van der Waals surface area contributed by atoms with E-state index < -0.39 is 0 Å². The maximum Gasteiger partial charge on any atom is 0.0576 e. The van der Waals surface area contributed by atoms with Crippen LogP contribution in [0.5, 0.6) is 0 Å². The summed E-state index contributed by atoms with van der Waals surface area (Å²) in [5, 5.41) is 3.39. The summed E-state index contributed by atoms with van der Waals surface area (Å²) >= 11 is 2.33. The summed E-state index contributed by atoms with van der Waals surface area (Å²) in [7, 11) is 2.01. The lowest BCUT2D eigenvalue weighted by molar-refractivity contribution is 0.687. The first kappa shape index (κ1) is 12.6. The summed E-state index contributed by atoms with van der Waals surface area (Å²) < 4.78 is 1.27. The number of aryl methyl sites for hydroxylation is 1. The molecule has 17 heavy (non-hydrogen) atoms. The minimum absolute atomic E-state index is 0.271. The molecule has 1 nitrogen and oxygen atoms in total. The van der Waals surface area contributed by atoms with Gasteiger partial charge in [-0.2, -0.15) is 0 Å². The van der Waals surface area contributed by atoms with E-state index in [2.05, 4.69) is 83.4 Å². The molecule has 1 N–H and O–H groups in total. The molecule has 0 fully saturated rings. The van der Waals surface area contributed by atoms with Crippen LogP contribution in [0.4, 0.5) is 0 Å². The second kappa shape index (κ2) is 5.65. The van der Waals surface area contributed by atoms with Gasteiger partial charge in [0.25, 0.3) is 0 Å². The first-order valence-electron chi connectivity index (χ1n) is 5.70. The first-order chi connectivity index (χ1) is 8.22. The molecule has 0 saturated heterocycles. The third-order valence-corrected chi connectivity index (χ3v) is 3.71. The summed E-state index contributed by atoms with van der Waals surface area (Å²) in [5.74, 6) is 0. The monoisotopic (exact) mass is 337 g/mol. The second-order valence-corrected chi connectivity index (χ2v) is 5.38. The SMILES string of the molecule is CNC(c1ccc(I)cc1)c1ccccc1C. The normalized spacial score (nSPS) is 12.4. The van der Waals surface area contributed by atoms with Crippen LogP contribution in [-0.4, -0.2) is 7.05 Å². The van der Waals surface area contributed by atoms with Gasteiger partial charge in [-0.25, -0.2) is 0 Å². The van der Waals surface area contributed by atoms with Crippen LogP contribution in [0.15, 0.2) is 48.5 Å². The molecule has 1 unspecified atom stereocenters. The molecule has 0 heterocycles. The lowest BCUT2D eigenvalue weighted by Gasteiger charge is -2.19. The Morgan fingerprint density at radius 2 is 1.65 bits per heavy atom. The van der Waals surface area contributed by atoms with Gasteiger partial charge in [0.1, 0.15) is 0 Å². The zero-order valence-corrected chi connectivity index (χ0v) is 12.2. The molecule has 0 aliphatic heterocycles. The summed E-state index contributed by atoms with van der Waals surface area (Å²) in [4.78, 5) is 0. The van der Waals surface area contributed by atoms with Crippen molar-refractivity contribution in [3.63, 3.8) is 0 Å². The van der Waals surface area contributed by atoms with Crippen molar-refractivity contribution in [2.75, 3.05) is 7.05 Å². The Hall–Kier alpha value is -0.870. The molecular formula is C15H16IN. The Bertz CT molecular complexity index is 491. The van der Waals surface area contributed by atoms with Crippen molar-refractivity contribution in [3.8, 4) is 0 Å². The third kappa shape index (κ3) is 2.87. The van der Waals surface area contributed by atoms with Crippen molar-refractivity contribution in [2.24, 2.45) is 0 Å². The van der Waals surface area contributed by atoms with E-state index in [0.29, 0.717) is 0 Å². The summed E-state index contributed by atoms with van der Waals surface area (Å²) in [6.07, 6.45) is 0. The Kier molecular flexibility index (Phi) is 4.18. The molecule has 2 aromatic carbocycles. The van der Waals surface area contributed by atoms with Gasteiger partial charge >= 0.3 is 0 Å². The highest BCUT2D eigenvalue weighted by molar-refractivity contribution is 14.1. The van der Waals surface area contributed by atoms with Gasteiger partial charge in [0, 0.05) is 3.57 Å². The van der Waals surface area contributed by atoms with E-state index >= 15 is 0 Å². The zero-order chi connectivity index (χ0) is 12.3. The molecular weight excluding hydrogens is 321 g/mol. The first-order valence-corrected chi connectivity index (χ1v) is 6.78. The highest BCUT2D eigenvalue weighted by Gasteiger charge is 2.13. The fraction of sp³-hybridized carbons (Fsp3) is 0.200. The lowest BCUT2D eigenvalue weighted by atomic mass is 9.95. The van der Waals surface area contributed by atoms with E-state index in [-0.39, 0.29) is 6.04 Å². The van der Waals surface area contributed by atoms with Crippen LogP contribution >= 0.6 is 22.6 Å².